The van der Waals surface area contributed by atoms with Gasteiger partial charge in [-0.15, -0.1) is 0 Å². The normalized spacial score (nSPS) is 12.5. The van der Waals surface area contributed by atoms with Crippen molar-refractivity contribution in [2.45, 2.75) is 13.8 Å². The van der Waals surface area contributed by atoms with E-state index in [4.69, 9.17) is 10.8 Å². The lowest BCUT2D eigenvalue weighted by Crippen LogP contribution is -2.29. The van der Waals surface area contributed by atoms with Gasteiger partial charge in [0, 0.05) is 31.1 Å². The molecule has 0 amide bonds. The first-order valence-corrected chi connectivity index (χ1v) is 5.38. The first-order valence-electron chi connectivity index (χ1n) is 5.38. The van der Waals surface area contributed by atoms with Gasteiger partial charge in [0.15, 0.2) is 0 Å². The molecule has 1 aromatic carbocycles. The number of aliphatic hydroxyl groups is 1. The van der Waals surface area contributed by atoms with Crippen molar-refractivity contribution in [2.24, 2.45) is 5.92 Å². The van der Waals surface area contributed by atoms with Crippen molar-refractivity contribution in [3.63, 3.8) is 0 Å². The minimum Gasteiger partial charge on any atom is -0.399 e. The molecule has 0 spiro atoms. The second kappa shape index (κ2) is 5.61. The fourth-order valence-electron chi connectivity index (χ4n) is 1.57. The molecule has 0 aliphatic rings. The predicted molar refractivity (Wildman–Crippen MR) is 65.0 cm³/mol. The Morgan fingerprint density at radius 2 is 2.20 bits per heavy atom. The molecule has 0 heterocycles. The molecule has 0 aliphatic heterocycles. The highest BCUT2D eigenvalue weighted by molar-refractivity contribution is 5.55. The summed E-state index contributed by atoms with van der Waals surface area (Å²) in [5, 5.41) is 9.03. The fourth-order valence-corrected chi connectivity index (χ4v) is 1.57. The van der Waals surface area contributed by atoms with Gasteiger partial charge in [-0.25, -0.2) is 0 Å². The molecule has 1 unspecified atom stereocenters. The Morgan fingerprint density at radius 1 is 1.47 bits per heavy atom. The number of aliphatic hydroxyl groups excluding tert-OH is 1. The second-order valence-electron chi connectivity index (χ2n) is 3.92. The molecule has 1 rings (SSSR count). The van der Waals surface area contributed by atoms with E-state index >= 15 is 0 Å². The molecule has 1 aromatic rings. The molecule has 3 nitrogen and oxygen atoms in total. The van der Waals surface area contributed by atoms with Gasteiger partial charge >= 0.3 is 0 Å². The van der Waals surface area contributed by atoms with E-state index in [-0.39, 0.29) is 12.5 Å². The van der Waals surface area contributed by atoms with Crippen LogP contribution in [0.5, 0.6) is 0 Å². The molecule has 0 saturated carbocycles. The van der Waals surface area contributed by atoms with E-state index in [0.717, 1.165) is 24.5 Å². The van der Waals surface area contributed by atoms with Crippen molar-refractivity contribution in [2.75, 3.05) is 30.3 Å². The Bertz CT molecular complexity index is 301. The smallest absolute Gasteiger partial charge is 0.0473 e. The van der Waals surface area contributed by atoms with Gasteiger partial charge in [-0.1, -0.05) is 13.0 Å². The number of rotatable bonds is 5. The summed E-state index contributed by atoms with van der Waals surface area (Å²) in [6, 6.07) is 7.85. The number of anilines is 2. The summed E-state index contributed by atoms with van der Waals surface area (Å²) in [4.78, 5) is 2.22. The molecule has 15 heavy (non-hydrogen) atoms. The standard InChI is InChI=1S/C12H20N2O/c1-3-14(8-10(2)9-15)12-6-4-5-11(13)7-12/h4-7,10,15H,3,8-9,13H2,1-2H3. The van der Waals surface area contributed by atoms with Gasteiger partial charge < -0.3 is 15.7 Å². The molecular weight excluding hydrogens is 188 g/mol. The van der Waals surface area contributed by atoms with E-state index < -0.39 is 0 Å². The lowest BCUT2D eigenvalue weighted by molar-refractivity contribution is 0.239. The van der Waals surface area contributed by atoms with Crippen LogP contribution in [0.2, 0.25) is 0 Å². The molecule has 0 aromatic heterocycles. The van der Waals surface area contributed by atoms with Gasteiger partial charge in [0.2, 0.25) is 0 Å². The van der Waals surface area contributed by atoms with Crippen molar-refractivity contribution in [3.05, 3.63) is 24.3 Å². The van der Waals surface area contributed by atoms with Gasteiger partial charge in [0.25, 0.3) is 0 Å². The van der Waals surface area contributed by atoms with Crippen molar-refractivity contribution in [1.29, 1.82) is 0 Å². The minimum atomic E-state index is 0.221. The number of hydrogen-bond donors (Lipinski definition) is 2. The molecule has 84 valence electrons. The topological polar surface area (TPSA) is 49.5 Å². The van der Waals surface area contributed by atoms with Crippen LogP contribution in [0.3, 0.4) is 0 Å². The van der Waals surface area contributed by atoms with Gasteiger partial charge in [-0.3, -0.25) is 0 Å². The number of nitrogens with zero attached hydrogens (tertiary/aromatic N) is 1. The number of hydrogen-bond acceptors (Lipinski definition) is 3. The zero-order chi connectivity index (χ0) is 11.3. The molecule has 0 radical (unpaired) electrons. The van der Waals surface area contributed by atoms with Crippen LogP contribution in [0.4, 0.5) is 11.4 Å². The molecule has 3 heteroatoms. The Balaban J connectivity index is 2.73. The molecule has 0 saturated heterocycles. The Labute approximate surface area is 91.5 Å². The zero-order valence-electron chi connectivity index (χ0n) is 9.48. The fraction of sp³-hybridized carbons (Fsp3) is 0.500. The van der Waals surface area contributed by atoms with E-state index in [9.17, 15) is 0 Å². The van der Waals surface area contributed by atoms with Crippen molar-refractivity contribution >= 4 is 11.4 Å². The average molecular weight is 208 g/mol. The third-order valence-corrected chi connectivity index (χ3v) is 2.46. The molecule has 0 aliphatic carbocycles. The van der Waals surface area contributed by atoms with Crippen LogP contribution in [-0.4, -0.2) is 24.8 Å². The summed E-state index contributed by atoms with van der Waals surface area (Å²) in [7, 11) is 0. The van der Waals surface area contributed by atoms with Gasteiger partial charge in [-0.05, 0) is 31.0 Å². The van der Waals surface area contributed by atoms with Crippen LogP contribution in [0.15, 0.2) is 24.3 Å². The summed E-state index contributed by atoms with van der Waals surface area (Å²) in [6.07, 6.45) is 0. The Kier molecular flexibility index (Phi) is 4.43. The van der Waals surface area contributed by atoms with E-state index in [1.54, 1.807) is 0 Å². The SMILES string of the molecule is CCN(CC(C)CO)c1cccc(N)c1. The molecule has 3 N–H and O–H groups in total. The zero-order valence-corrected chi connectivity index (χ0v) is 9.48. The summed E-state index contributed by atoms with van der Waals surface area (Å²) >= 11 is 0. The van der Waals surface area contributed by atoms with Crippen molar-refractivity contribution < 1.29 is 5.11 Å². The first kappa shape index (κ1) is 11.9. The van der Waals surface area contributed by atoms with Crippen LogP contribution in [0.25, 0.3) is 0 Å². The maximum absolute atomic E-state index is 9.03. The molecule has 1 atom stereocenters. The van der Waals surface area contributed by atoms with Crippen LogP contribution >= 0.6 is 0 Å². The largest absolute Gasteiger partial charge is 0.399 e. The highest BCUT2D eigenvalue weighted by Gasteiger charge is 2.08. The third kappa shape index (κ3) is 3.44. The summed E-state index contributed by atoms with van der Waals surface area (Å²) < 4.78 is 0. The van der Waals surface area contributed by atoms with E-state index in [1.165, 1.54) is 0 Å². The van der Waals surface area contributed by atoms with Gasteiger partial charge in [0.1, 0.15) is 0 Å². The van der Waals surface area contributed by atoms with E-state index in [1.807, 2.05) is 31.2 Å². The van der Waals surface area contributed by atoms with Crippen molar-refractivity contribution in [3.8, 4) is 0 Å². The highest BCUT2D eigenvalue weighted by atomic mass is 16.3. The predicted octanol–water partition coefficient (Wildman–Crippen LogP) is 1.72. The minimum absolute atomic E-state index is 0.221. The van der Waals surface area contributed by atoms with Crippen LogP contribution < -0.4 is 10.6 Å². The summed E-state index contributed by atoms with van der Waals surface area (Å²) in [5.74, 6) is 0.284. The lowest BCUT2D eigenvalue weighted by Gasteiger charge is -2.26. The third-order valence-electron chi connectivity index (χ3n) is 2.46. The van der Waals surface area contributed by atoms with Crippen LogP contribution in [-0.2, 0) is 0 Å². The number of benzene rings is 1. The molecule has 0 fully saturated rings. The van der Waals surface area contributed by atoms with E-state index in [0.29, 0.717) is 0 Å². The van der Waals surface area contributed by atoms with Crippen LogP contribution in [0.1, 0.15) is 13.8 Å². The lowest BCUT2D eigenvalue weighted by atomic mass is 10.1. The van der Waals surface area contributed by atoms with Gasteiger partial charge in [-0.2, -0.15) is 0 Å². The van der Waals surface area contributed by atoms with E-state index in [2.05, 4.69) is 11.8 Å². The maximum Gasteiger partial charge on any atom is 0.0473 e. The van der Waals surface area contributed by atoms with Crippen LogP contribution in [0, 0.1) is 5.92 Å². The Hall–Kier alpha value is -1.22. The second-order valence-corrected chi connectivity index (χ2v) is 3.92. The molecular formula is C12H20N2O. The summed E-state index contributed by atoms with van der Waals surface area (Å²) in [5.41, 5.74) is 7.64. The average Bonchev–Trinajstić information content (AvgIpc) is 2.25. The van der Waals surface area contributed by atoms with Gasteiger partial charge in [0.05, 0.1) is 0 Å². The molecule has 0 bridgehead atoms. The number of nitrogen functional groups attached to an aromatic ring is 1. The summed E-state index contributed by atoms with van der Waals surface area (Å²) in [6.45, 7) is 6.14. The maximum atomic E-state index is 9.03. The van der Waals surface area contributed by atoms with Crippen molar-refractivity contribution in [1.82, 2.24) is 0 Å². The monoisotopic (exact) mass is 208 g/mol. The number of nitrogens with two attached hydrogens (primary N) is 1. The first-order chi connectivity index (χ1) is 7.17. The Morgan fingerprint density at radius 3 is 2.73 bits per heavy atom. The highest BCUT2D eigenvalue weighted by Crippen LogP contribution is 2.18. The quantitative estimate of drug-likeness (QED) is 0.724.